The lowest BCUT2D eigenvalue weighted by molar-refractivity contribution is 0.0691. The number of nitrogens with one attached hydrogen (secondary N) is 1. The molecule has 0 fully saturated rings. The molecule has 0 saturated heterocycles. The molecule has 0 radical (unpaired) electrons. The van der Waals surface area contributed by atoms with Crippen LogP contribution in [0.25, 0.3) is 0 Å². The van der Waals surface area contributed by atoms with Gasteiger partial charge in [-0.1, -0.05) is 6.07 Å². The standard InChI is InChI=1S/C13H13N3O2/c1-9-4-2-5-10(16-9)8-15-11-6-3-7-14-12(11)13(17)18/h2-7,15H,8H2,1H3,(H,17,18). The number of rotatable bonds is 4. The van der Waals surface area contributed by atoms with Crippen molar-refractivity contribution in [1.29, 1.82) is 0 Å². The van der Waals surface area contributed by atoms with E-state index in [1.165, 1.54) is 6.20 Å². The number of nitrogens with zero attached hydrogens (tertiary/aromatic N) is 2. The van der Waals surface area contributed by atoms with Gasteiger partial charge in [-0.2, -0.15) is 0 Å². The summed E-state index contributed by atoms with van der Waals surface area (Å²) in [6.45, 7) is 2.38. The average molecular weight is 243 g/mol. The Hall–Kier alpha value is -2.43. The van der Waals surface area contributed by atoms with Crippen LogP contribution in [0.15, 0.2) is 36.5 Å². The van der Waals surface area contributed by atoms with E-state index in [0.717, 1.165) is 11.4 Å². The molecule has 2 N–H and O–H groups in total. The van der Waals surface area contributed by atoms with Gasteiger partial charge in [-0.15, -0.1) is 0 Å². The Labute approximate surface area is 105 Å². The maximum atomic E-state index is 11.0. The van der Waals surface area contributed by atoms with E-state index in [-0.39, 0.29) is 5.69 Å². The molecular formula is C13H13N3O2. The summed E-state index contributed by atoms with van der Waals surface area (Å²) in [6.07, 6.45) is 1.46. The van der Waals surface area contributed by atoms with Gasteiger partial charge in [0.05, 0.1) is 17.9 Å². The number of hydrogen-bond donors (Lipinski definition) is 2. The number of hydrogen-bond acceptors (Lipinski definition) is 4. The second-order valence-corrected chi connectivity index (χ2v) is 3.83. The summed E-state index contributed by atoms with van der Waals surface area (Å²) in [5.41, 5.74) is 2.30. The molecule has 2 aromatic heterocycles. The molecule has 0 aromatic carbocycles. The van der Waals surface area contributed by atoms with Gasteiger partial charge in [0.25, 0.3) is 0 Å². The van der Waals surface area contributed by atoms with Crippen LogP contribution in [0.3, 0.4) is 0 Å². The van der Waals surface area contributed by atoms with Gasteiger partial charge in [0, 0.05) is 11.9 Å². The van der Waals surface area contributed by atoms with Crippen molar-refractivity contribution in [1.82, 2.24) is 9.97 Å². The molecule has 0 aliphatic heterocycles. The Morgan fingerprint density at radius 1 is 1.33 bits per heavy atom. The molecule has 92 valence electrons. The van der Waals surface area contributed by atoms with Crippen LogP contribution < -0.4 is 5.32 Å². The van der Waals surface area contributed by atoms with Crippen LogP contribution in [-0.2, 0) is 6.54 Å². The predicted octanol–water partition coefficient (Wildman–Crippen LogP) is 2.10. The average Bonchev–Trinajstić information content (AvgIpc) is 2.37. The minimum atomic E-state index is -1.05. The highest BCUT2D eigenvalue weighted by Gasteiger charge is 2.10. The number of carboxylic acids is 1. The Morgan fingerprint density at radius 3 is 2.89 bits per heavy atom. The third kappa shape index (κ3) is 2.82. The minimum Gasteiger partial charge on any atom is -0.476 e. The van der Waals surface area contributed by atoms with Crippen molar-refractivity contribution >= 4 is 11.7 Å². The SMILES string of the molecule is Cc1cccc(CNc2cccnc2C(=O)O)n1. The number of aromatic nitrogens is 2. The normalized spacial score (nSPS) is 10.1. The fourth-order valence-corrected chi connectivity index (χ4v) is 1.60. The zero-order valence-electron chi connectivity index (χ0n) is 9.92. The topological polar surface area (TPSA) is 75.1 Å². The highest BCUT2D eigenvalue weighted by atomic mass is 16.4. The third-order valence-corrected chi connectivity index (χ3v) is 2.42. The van der Waals surface area contributed by atoms with Crippen molar-refractivity contribution in [2.24, 2.45) is 0 Å². The first-order chi connectivity index (χ1) is 8.66. The van der Waals surface area contributed by atoms with Gasteiger partial charge in [-0.05, 0) is 31.2 Å². The van der Waals surface area contributed by atoms with E-state index in [2.05, 4.69) is 15.3 Å². The third-order valence-electron chi connectivity index (χ3n) is 2.42. The van der Waals surface area contributed by atoms with Gasteiger partial charge in [0.2, 0.25) is 0 Å². The van der Waals surface area contributed by atoms with Gasteiger partial charge in [0.1, 0.15) is 0 Å². The molecule has 18 heavy (non-hydrogen) atoms. The zero-order chi connectivity index (χ0) is 13.0. The lowest BCUT2D eigenvalue weighted by atomic mass is 10.2. The number of aromatic carboxylic acids is 1. The molecule has 0 unspecified atom stereocenters. The van der Waals surface area contributed by atoms with E-state index < -0.39 is 5.97 Å². The number of anilines is 1. The lowest BCUT2D eigenvalue weighted by Gasteiger charge is -2.08. The van der Waals surface area contributed by atoms with Gasteiger partial charge >= 0.3 is 5.97 Å². The van der Waals surface area contributed by atoms with Crippen molar-refractivity contribution in [2.75, 3.05) is 5.32 Å². The van der Waals surface area contributed by atoms with E-state index >= 15 is 0 Å². The van der Waals surface area contributed by atoms with E-state index in [1.807, 2.05) is 25.1 Å². The molecular weight excluding hydrogens is 230 g/mol. The van der Waals surface area contributed by atoms with Crippen molar-refractivity contribution in [3.05, 3.63) is 53.6 Å². The van der Waals surface area contributed by atoms with E-state index in [1.54, 1.807) is 12.1 Å². The van der Waals surface area contributed by atoms with Gasteiger partial charge in [0.15, 0.2) is 5.69 Å². The summed E-state index contributed by atoms with van der Waals surface area (Å²) in [6, 6.07) is 9.10. The lowest BCUT2D eigenvalue weighted by Crippen LogP contribution is -2.09. The number of carbonyl (C=O) groups is 1. The molecule has 2 heterocycles. The number of pyridine rings is 2. The van der Waals surface area contributed by atoms with E-state index in [9.17, 15) is 4.79 Å². The highest BCUT2D eigenvalue weighted by Crippen LogP contribution is 2.13. The van der Waals surface area contributed by atoms with E-state index in [4.69, 9.17) is 5.11 Å². The minimum absolute atomic E-state index is 0.0187. The quantitative estimate of drug-likeness (QED) is 0.860. The fourth-order valence-electron chi connectivity index (χ4n) is 1.60. The summed E-state index contributed by atoms with van der Waals surface area (Å²) in [4.78, 5) is 19.1. The van der Waals surface area contributed by atoms with Crippen LogP contribution in [-0.4, -0.2) is 21.0 Å². The molecule has 0 aliphatic carbocycles. The van der Waals surface area contributed by atoms with Gasteiger partial charge < -0.3 is 10.4 Å². The van der Waals surface area contributed by atoms with Crippen molar-refractivity contribution < 1.29 is 9.90 Å². The molecule has 0 bridgehead atoms. The van der Waals surface area contributed by atoms with Crippen LogP contribution in [0.4, 0.5) is 5.69 Å². The number of aryl methyl sites for hydroxylation is 1. The van der Waals surface area contributed by atoms with Crippen LogP contribution in [0.5, 0.6) is 0 Å². The smallest absolute Gasteiger partial charge is 0.356 e. The first-order valence-electron chi connectivity index (χ1n) is 5.51. The van der Waals surface area contributed by atoms with Crippen molar-refractivity contribution in [2.45, 2.75) is 13.5 Å². The maximum Gasteiger partial charge on any atom is 0.356 e. The molecule has 0 amide bonds. The van der Waals surface area contributed by atoms with E-state index in [0.29, 0.717) is 12.2 Å². The largest absolute Gasteiger partial charge is 0.476 e. The van der Waals surface area contributed by atoms with Crippen LogP contribution in [0.1, 0.15) is 21.9 Å². The monoisotopic (exact) mass is 243 g/mol. The highest BCUT2D eigenvalue weighted by molar-refractivity contribution is 5.91. The summed E-state index contributed by atoms with van der Waals surface area (Å²) in [7, 11) is 0. The van der Waals surface area contributed by atoms with Crippen LogP contribution in [0, 0.1) is 6.92 Å². The molecule has 0 atom stereocenters. The predicted molar refractivity (Wildman–Crippen MR) is 67.5 cm³/mol. The maximum absolute atomic E-state index is 11.0. The Kier molecular flexibility index (Phi) is 3.52. The molecule has 0 saturated carbocycles. The van der Waals surface area contributed by atoms with Crippen LogP contribution >= 0.6 is 0 Å². The molecule has 0 spiro atoms. The first kappa shape index (κ1) is 12.0. The first-order valence-corrected chi connectivity index (χ1v) is 5.51. The van der Waals surface area contributed by atoms with Crippen LogP contribution in [0.2, 0.25) is 0 Å². The van der Waals surface area contributed by atoms with Crippen molar-refractivity contribution in [3.63, 3.8) is 0 Å². The summed E-state index contributed by atoms with van der Waals surface area (Å²) in [5.74, 6) is -1.05. The van der Waals surface area contributed by atoms with Gasteiger partial charge in [-0.3, -0.25) is 4.98 Å². The summed E-state index contributed by atoms with van der Waals surface area (Å²) < 4.78 is 0. The van der Waals surface area contributed by atoms with Gasteiger partial charge in [-0.25, -0.2) is 9.78 Å². The second kappa shape index (κ2) is 5.27. The Bertz CT molecular complexity index is 570. The molecule has 5 heteroatoms. The fraction of sp³-hybridized carbons (Fsp3) is 0.154. The summed E-state index contributed by atoms with van der Waals surface area (Å²) >= 11 is 0. The number of carboxylic acid groups (broad SMARTS) is 1. The summed E-state index contributed by atoms with van der Waals surface area (Å²) in [5, 5.41) is 12.0. The Balaban J connectivity index is 2.13. The Morgan fingerprint density at radius 2 is 2.17 bits per heavy atom. The molecule has 2 rings (SSSR count). The molecule has 2 aromatic rings. The van der Waals surface area contributed by atoms with Crippen molar-refractivity contribution in [3.8, 4) is 0 Å². The molecule has 5 nitrogen and oxygen atoms in total. The molecule has 0 aliphatic rings. The zero-order valence-corrected chi connectivity index (χ0v) is 9.92. The second-order valence-electron chi connectivity index (χ2n) is 3.83.